The quantitative estimate of drug-likeness (QED) is 0.354. The third-order valence-corrected chi connectivity index (χ3v) is 5.92. The highest BCUT2D eigenvalue weighted by molar-refractivity contribution is 6.33. The molecule has 1 spiro atoms. The van der Waals surface area contributed by atoms with Crippen molar-refractivity contribution in [2.75, 3.05) is 0 Å². The monoisotopic (exact) mass is 484 g/mol. The summed E-state index contributed by atoms with van der Waals surface area (Å²) in [5.41, 5.74) is 0.101. The van der Waals surface area contributed by atoms with Crippen LogP contribution < -0.4 is 14.2 Å². The lowest BCUT2D eigenvalue weighted by molar-refractivity contribution is -0.132. The van der Waals surface area contributed by atoms with Crippen molar-refractivity contribution in [3.8, 4) is 23.0 Å². The van der Waals surface area contributed by atoms with Crippen LogP contribution in [0.5, 0.6) is 23.0 Å². The van der Waals surface area contributed by atoms with Crippen molar-refractivity contribution in [1.29, 1.82) is 0 Å². The Morgan fingerprint density at radius 3 is 2.33 bits per heavy atom. The van der Waals surface area contributed by atoms with Crippen LogP contribution in [0.25, 0.3) is 0 Å². The van der Waals surface area contributed by atoms with E-state index in [1.807, 2.05) is 0 Å². The Kier molecular flexibility index (Phi) is 4.84. The van der Waals surface area contributed by atoms with Gasteiger partial charge >= 0.3 is 17.9 Å². The molecule has 9 heteroatoms. The fourth-order valence-electron chi connectivity index (χ4n) is 4.17. The smallest absolute Gasteiger partial charge is 0.340 e. The van der Waals surface area contributed by atoms with Crippen molar-refractivity contribution in [3.63, 3.8) is 0 Å². The number of ether oxygens (including phenoxy) is 4. The molecule has 2 aliphatic rings. The van der Waals surface area contributed by atoms with E-state index in [0.29, 0.717) is 27.3 Å². The lowest BCUT2D eigenvalue weighted by Crippen LogP contribution is -2.33. The van der Waals surface area contributed by atoms with Crippen LogP contribution in [0.15, 0.2) is 48.5 Å². The molecule has 0 saturated heterocycles. The van der Waals surface area contributed by atoms with E-state index in [1.54, 1.807) is 30.3 Å². The van der Waals surface area contributed by atoms with E-state index in [-0.39, 0.29) is 28.0 Å². The molecule has 1 unspecified atom stereocenters. The van der Waals surface area contributed by atoms with E-state index in [2.05, 4.69) is 0 Å². The van der Waals surface area contributed by atoms with Crippen molar-refractivity contribution in [2.24, 2.45) is 0 Å². The highest BCUT2D eigenvalue weighted by Crippen LogP contribution is 2.59. The topological polar surface area (TPSA) is 88.1 Å². The SMILES string of the molecule is CC(=O)Oc1ccc2c(c1)Oc1cc(OC(C)=O)c(Cl)cc1C21OC(=O)c2cccc(Cl)c21. The predicted octanol–water partition coefficient (Wildman–Crippen LogP) is 5.41. The van der Waals surface area contributed by atoms with E-state index in [1.165, 1.54) is 32.0 Å². The Labute approximate surface area is 197 Å². The minimum absolute atomic E-state index is 0.0707. The number of carbonyl (C=O) groups excluding carboxylic acids is 3. The molecule has 3 aromatic carbocycles. The van der Waals surface area contributed by atoms with Crippen LogP contribution in [0.3, 0.4) is 0 Å². The summed E-state index contributed by atoms with van der Waals surface area (Å²) in [7, 11) is 0. The number of halogens is 2. The van der Waals surface area contributed by atoms with Crippen LogP contribution in [0.2, 0.25) is 10.0 Å². The van der Waals surface area contributed by atoms with Crippen LogP contribution >= 0.6 is 23.2 Å². The zero-order valence-corrected chi connectivity index (χ0v) is 18.7. The lowest BCUT2D eigenvalue weighted by Gasteiger charge is -2.37. The van der Waals surface area contributed by atoms with Gasteiger partial charge in [-0.05, 0) is 30.3 Å². The van der Waals surface area contributed by atoms with E-state index in [0.717, 1.165) is 0 Å². The molecule has 1 atom stereocenters. The molecule has 0 radical (unpaired) electrons. The first-order chi connectivity index (χ1) is 15.7. The summed E-state index contributed by atoms with van der Waals surface area (Å²) in [4.78, 5) is 35.9. The van der Waals surface area contributed by atoms with Gasteiger partial charge in [0.15, 0.2) is 11.4 Å². The molecule has 0 aromatic heterocycles. The number of carbonyl (C=O) groups is 3. The molecule has 166 valence electrons. The fraction of sp³-hybridized carbons (Fsp3) is 0.125. The second kappa shape index (κ2) is 7.50. The zero-order chi connectivity index (χ0) is 23.5. The molecule has 0 fully saturated rings. The summed E-state index contributed by atoms with van der Waals surface area (Å²) in [6.45, 7) is 2.52. The Hall–Kier alpha value is -3.55. The second-order valence-corrected chi connectivity index (χ2v) is 8.27. The largest absolute Gasteiger partial charge is 0.456 e. The number of fused-ring (bicyclic) bond motifs is 6. The summed E-state index contributed by atoms with van der Waals surface area (Å²) in [5, 5.41) is 0.421. The van der Waals surface area contributed by atoms with Gasteiger partial charge < -0.3 is 18.9 Å². The van der Waals surface area contributed by atoms with E-state index in [4.69, 9.17) is 42.1 Å². The number of benzene rings is 3. The first-order valence-electron chi connectivity index (χ1n) is 9.76. The van der Waals surface area contributed by atoms with Gasteiger partial charge in [-0.1, -0.05) is 29.3 Å². The third-order valence-electron chi connectivity index (χ3n) is 5.31. The number of esters is 3. The minimum atomic E-state index is -1.49. The maximum absolute atomic E-state index is 12.9. The van der Waals surface area contributed by atoms with Gasteiger partial charge in [-0.25, -0.2) is 4.79 Å². The number of hydrogen-bond acceptors (Lipinski definition) is 7. The van der Waals surface area contributed by atoms with Crippen molar-refractivity contribution in [3.05, 3.63) is 80.8 Å². The first kappa shape index (κ1) is 21.3. The Morgan fingerprint density at radius 2 is 1.61 bits per heavy atom. The summed E-state index contributed by atoms with van der Waals surface area (Å²) in [6, 6.07) is 12.6. The molecule has 5 rings (SSSR count). The van der Waals surface area contributed by atoms with Crippen LogP contribution in [-0.2, 0) is 19.9 Å². The lowest BCUT2D eigenvalue weighted by atomic mass is 9.77. The van der Waals surface area contributed by atoms with Crippen LogP contribution in [0.4, 0.5) is 0 Å². The van der Waals surface area contributed by atoms with Crippen molar-refractivity contribution in [1.82, 2.24) is 0 Å². The average Bonchev–Trinajstić information content (AvgIpc) is 3.03. The Balaban J connectivity index is 1.82. The summed E-state index contributed by atoms with van der Waals surface area (Å²) < 4.78 is 22.5. The van der Waals surface area contributed by atoms with Gasteiger partial charge in [-0.3, -0.25) is 9.59 Å². The van der Waals surface area contributed by atoms with Crippen LogP contribution in [0, 0.1) is 0 Å². The van der Waals surface area contributed by atoms with Gasteiger partial charge in [-0.15, -0.1) is 0 Å². The standard InChI is InChI=1S/C24H14Cl2O7/c1-11(27)30-13-6-7-15-19(8-13)32-20-10-21(31-12(2)28)18(26)9-16(20)24(15)22-14(23(29)33-24)4-3-5-17(22)25/h3-10H,1-2H3. The van der Waals surface area contributed by atoms with E-state index in [9.17, 15) is 14.4 Å². The van der Waals surface area contributed by atoms with Crippen molar-refractivity contribution < 1.29 is 33.3 Å². The molecule has 33 heavy (non-hydrogen) atoms. The molecule has 0 amide bonds. The normalized spacial score (nSPS) is 17.4. The molecule has 3 aromatic rings. The highest BCUT2D eigenvalue weighted by Gasteiger charge is 2.55. The third kappa shape index (κ3) is 3.23. The molecule has 2 heterocycles. The highest BCUT2D eigenvalue weighted by atomic mass is 35.5. The predicted molar refractivity (Wildman–Crippen MR) is 117 cm³/mol. The molecule has 0 saturated carbocycles. The number of hydrogen-bond donors (Lipinski definition) is 0. The average molecular weight is 485 g/mol. The van der Waals surface area contributed by atoms with Crippen molar-refractivity contribution >= 4 is 41.1 Å². The Morgan fingerprint density at radius 1 is 0.879 bits per heavy atom. The van der Waals surface area contributed by atoms with Gasteiger partial charge in [0.25, 0.3) is 0 Å². The molecule has 0 bridgehead atoms. The first-order valence-corrected chi connectivity index (χ1v) is 10.5. The fourth-order valence-corrected chi connectivity index (χ4v) is 4.68. The summed E-state index contributed by atoms with van der Waals surface area (Å²) in [5.74, 6) is -0.859. The maximum atomic E-state index is 12.9. The number of rotatable bonds is 2. The van der Waals surface area contributed by atoms with Crippen molar-refractivity contribution in [2.45, 2.75) is 19.4 Å². The maximum Gasteiger partial charge on any atom is 0.340 e. The summed E-state index contributed by atoms with van der Waals surface area (Å²) in [6.07, 6.45) is 0. The second-order valence-electron chi connectivity index (χ2n) is 7.46. The molecule has 0 aliphatic carbocycles. The van der Waals surface area contributed by atoms with Gasteiger partial charge in [0.2, 0.25) is 0 Å². The van der Waals surface area contributed by atoms with Gasteiger partial charge in [0.1, 0.15) is 17.2 Å². The van der Waals surface area contributed by atoms with E-state index < -0.39 is 23.5 Å². The van der Waals surface area contributed by atoms with Gasteiger partial charge in [-0.2, -0.15) is 0 Å². The minimum Gasteiger partial charge on any atom is -0.456 e. The van der Waals surface area contributed by atoms with Gasteiger partial charge in [0, 0.05) is 47.7 Å². The zero-order valence-electron chi connectivity index (χ0n) is 17.2. The van der Waals surface area contributed by atoms with Crippen LogP contribution in [-0.4, -0.2) is 17.9 Å². The van der Waals surface area contributed by atoms with Crippen LogP contribution in [0.1, 0.15) is 40.9 Å². The molecule has 7 nitrogen and oxygen atoms in total. The molecular formula is C24H14Cl2O7. The summed E-state index contributed by atoms with van der Waals surface area (Å²) >= 11 is 13.0. The molecular weight excluding hydrogens is 471 g/mol. The molecule has 0 N–H and O–H groups in total. The molecule has 2 aliphatic heterocycles. The van der Waals surface area contributed by atoms with Gasteiger partial charge in [0.05, 0.1) is 10.6 Å². The Bertz CT molecular complexity index is 1380. The van der Waals surface area contributed by atoms with E-state index >= 15 is 0 Å².